The summed E-state index contributed by atoms with van der Waals surface area (Å²) in [6, 6.07) is 6.46. The summed E-state index contributed by atoms with van der Waals surface area (Å²) in [6.07, 6.45) is 2.97. The lowest BCUT2D eigenvalue weighted by molar-refractivity contribution is 0.588. The molecule has 0 aromatic carbocycles. The van der Waals surface area contributed by atoms with Crippen LogP contribution in [0.3, 0.4) is 0 Å². The average Bonchev–Trinajstić information content (AvgIpc) is 2.85. The zero-order valence-electron chi connectivity index (χ0n) is 9.69. The van der Waals surface area contributed by atoms with Crippen LogP contribution in [0.4, 0.5) is 0 Å². The highest BCUT2D eigenvalue weighted by Gasteiger charge is 2.14. The summed E-state index contributed by atoms with van der Waals surface area (Å²) in [5.41, 5.74) is 2.36. The Balaban J connectivity index is 2.23. The van der Waals surface area contributed by atoms with Crippen LogP contribution in [-0.4, -0.2) is 11.5 Å². The number of nitrogens with one attached hydrogen (secondary N) is 1. The van der Waals surface area contributed by atoms with Crippen LogP contribution in [0.1, 0.15) is 30.6 Å². The second-order valence-corrected chi connectivity index (χ2v) is 5.54. The molecule has 0 fully saturated rings. The van der Waals surface area contributed by atoms with Gasteiger partial charge in [-0.3, -0.25) is 4.98 Å². The zero-order valence-corrected chi connectivity index (χ0v) is 12.1. The van der Waals surface area contributed by atoms with Crippen LogP contribution in [0.2, 0.25) is 0 Å². The maximum atomic E-state index is 4.48. The molecule has 2 aromatic rings. The Bertz CT molecular complexity index is 439. The number of hydrogen-bond donors (Lipinski definition) is 1. The van der Waals surface area contributed by atoms with Crippen molar-refractivity contribution in [3.63, 3.8) is 0 Å². The molecule has 0 bridgehead atoms. The fraction of sp³-hybridized carbons (Fsp3) is 0.308. The molecular weight excluding hydrogens is 296 g/mol. The molecule has 2 heterocycles. The van der Waals surface area contributed by atoms with Crippen molar-refractivity contribution in [2.45, 2.75) is 19.4 Å². The fourth-order valence-electron chi connectivity index (χ4n) is 1.68. The van der Waals surface area contributed by atoms with E-state index in [2.05, 4.69) is 56.0 Å². The van der Waals surface area contributed by atoms with Gasteiger partial charge in [0.25, 0.3) is 0 Å². The molecule has 0 aliphatic rings. The van der Waals surface area contributed by atoms with Crippen LogP contribution < -0.4 is 5.32 Å². The van der Waals surface area contributed by atoms with Crippen LogP contribution in [0.25, 0.3) is 0 Å². The number of thiophene rings is 1. The summed E-state index contributed by atoms with van der Waals surface area (Å²) in [6.45, 7) is 3.17. The second kappa shape index (κ2) is 6.28. The van der Waals surface area contributed by atoms with Gasteiger partial charge in [0.05, 0.1) is 11.7 Å². The van der Waals surface area contributed by atoms with E-state index in [-0.39, 0.29) is 6.04 Å². The van der Waals surface area contributed by atoms with Gasteiger partial charge >= 0.3 is 0 Å². The minimum atomic E-state index is 0.203. The number of rotatable bonds is 5. The maximum absolute atomic E-state index is 4.48. The van der Waals surface area contributed by atoms with Gasteiger partial charge in [-0.1, -0.05) is 6.92 Å². The molecule has 2 rings (SSSR count). The van der Waals surface area contributed by atoms with Gasteiger partial charge in [0.2, 0.25) is 0 Å². The first-order valence-corrected chi connectivity index (χ1v) is 7.41. The molecule has 0 aliphatic heterocycles. The smallest absolute Gasteiger partial charge is 0.0759 e. The Morgan fingerprint density at radius 3 is 2.88 bits per heavy atom. The molecule has 0 aliphatic carbocycles. The standard InChI is InChI=1S/C13H15BrN2S/c1-2-6-15-13(10-5-7-17-9-10)12-4-3-11(14)8-16-12/h3-5,7-9,13,15H,2,6H2,1H3. The van der Waals surface area contributed by atoms with Gasteiger partial charge in [-0.25, -0.2) is 0 Å². The second-order valence-electron chi connectivity index (χ2n) is 3.85. The Labute approximate surface area is 114 Å². The van der Waals surface area contributed by atoms with Crippen molar-refractivity contribution in [1.29, 1.82) is 0 Å². The first kappa shape index (κ1) is 12.7. The van der Waals surface area contributed by atoms with E-state index in [0.29, 0.717) is 0 Å². The summed E-state index contributed by atoms with van der Waals surface area (Å²) in [5, 5.41) is 7.82. The number of nitrogens with zero attached hydrogens (tertiary/aromatic N) is 1. The SMILES string of the molecule is CCCNC(c1ccsc1)c1ccc(Br)cn1. The first-order chi connectivity index (χ1) is 8.31. The van der Waals surface area contributed by atoms with Crippen molar-refractivity contribution in [3.8, 4) is 0 Å². The van der Waals surface area contributed by atoms with Crippen molar-refractivity contribution >= 4 is 27.3 Å². The monoisotopic (exact) mass is 310 g/mol. The van der Waals surface area contributed by atoms with E-state index in [1.807, 2.05) is 12.3 Å². The largest absolute Gasteiger partial charge is 0.305 e. The van der Waals surface area contributed by atoms with Crippen LogP contribution in [0.15, 0.2) is 39.6 Å². The van der Waals surface area contributed by atoms with E-state index >= 15 is 0 Å². The molecule has 1 unspecified atom stereocenters. The van der Waals surface area contributed by atoms with Crippen molar-refractivity contribution in [1.82, 2.24) is 10.3 Å². The highest BCUT2D eigenvalue weighted by atomic mass is 79.9. The maximum Gasteiger partial charge on any atom is 0.0759 e. The number of pyridine rings is 1. The van der Waals surface area contributed by atoms with E-state index in [9.17, 15) is 0 Å². The van der Waals surface area contributed by atoms with E-state index in [1.165, 1.54) is 5.56 Å². The van der Waals surface area contributed by atoms with Crippen LogP contribution in [-0.2, 0) is 0 Å². The van der Waals surface area contributed by atoms with Crippen LogP contribution >= 0.6 is 27.3 Å². The molecule has 0 spiro atoms. The molecular formula is C13H15BrN2S. The number of hydrogen-bond acceptors (Lipinski definition) is 3. The van der Waals surface area contributed by atoms with Gasteiger partial charge in [-0.2, -0.15) is 11.3 Å². The highest BCUT2D eigenvalue weighted by molar-refractivity contribution is 9.10. The lowest BCUT2D eigenvalue weighted by Crippen LogP contribution is -2.23. The van der Waals surface area contributed by atoms with Crippen molar-refractivity contribution < 1.29 is 0 Å². The minimum absolute atomic E-state index is 0.203. The Hall–Kier alpha value is -0.710. The molecule has 2 aromatic heterocycles. The number of halogens is 1. The van der Waals surface area contributed by atoms with E-state index in [4.69, 9.17) is 0 Å². The molecule has 17 heavy (non-hydrogen) atoms. The topological polar surface area (TPSA) is 24.9 Å². The predicted molar refractivity (Wildman–Crippen MR) is 76.4 cm³/mol. The average molecular weight is 311 g/mol. The molecule has 0 amide bonds. The lowest BCUT2D eigenvalue weighted by Gasteiger charge is -2.17. The number of aromatic nitrogens is 1. The van der Waals surface area contributed by atoms with Gasteiger partial charge in [0.15, 0.2) is 0 Å². The summed E-state index contributed by atoms with van der Waals surface area (Å²) >= 11 is 5.14. The van der Waals surface area contributed by atoms with Crippen molar-refractivity contribution in [2.75, 3.05) is 6.54 Å². The molecule has 2 nitrogen and oxygen atoms in total. The van der Waals surface area contributed by atoms with Gasteiger partial charge in [0, 0.05) is 10.7 Å². The lowest BCUT2D eigenvalue weighted by atomic mass is 10.1. The molecule has 0 saturated carbocycles. The Kier molecular flexibility index (Phi) is 4.71. The quantitative estimate of drug-likeness (QED) is 0.903. The minimum Gasteiger partial charge on any atom is -0.305 e. The van der Waals surface area contributed by atoms with Gasteiger partial charge in [0.1, 0.15) is 0 Å². The van der Waals surface area contributed by atoms with Gasteiger partial charge in [-0.05, 0) is 63.4 Å². The molecule has 1 atom stereocenters. The summed E-state index contributed by atoms with van der Waals surface area (Å²) in [7, 11) is 0. The van der Waals surface area contributed by atoms with Crippen molar-refractivity contribution in [3.05, 3.63) is 50.9 Å². The third kappa shape index (κ3) is 3.37. The van der Waals surface area contributed by atoms with E-state index in [1.54, 1.807) is 11.3 Å². The van der Waals surface area contributed by atoms with Crippen LogP contribution in [0, 0.1) is 0 Å². The molecule has 4 heteroatoms. The Morgan fingerprint density at radius 1 is 1.41 bits per heavy atom. The van der Waals surface area contributed by atoms with E-state index in [0.717, 1.165) is 23.1 Å². The molecule has 0 saturated heterocycles. The van der Waals surface area contributed by atoms with Gasteiger partial charge < -0.3 is 5.32 Å². The predicted octanol–water partition coefficient (Wildman–Crippen LogP) is 3.99. The van der Waals surface area contributed by atoms with Crippen LogP contribution in [0.5, 0.6) is 0 Å². The zero-order chi connectivity index (χ0) is 12.1. The highest BCUT2D eigenvalue weighted by Crippen LogP contribution is 2.23. The van der Waals surface area contributed by atoms with Crippen molar-refractivity contribution in [2.24, 2.45) is 0 Å². The summed E-state index contributed by atoms with van der Waals surface area (Å²) in [5.74, 6) is 0. The van der Waals surface area contributed by atoms with Gasteiger partial charge in [-0.15, -0.1) is 0 Å². The molecule has 90 valence electrons. The summed E-state index contributed by atoms with van der Waals surface area (Å²) in [4.78, 5) is 4.48. The third-order valence-corrected chi connectivity index (χ3v) is 3.69. The first-order valence-electron chi connectivity index (χ1n) is 5.68. The molecule has 0 radical (unpaired) electrons. The molecule has 1 N–H and O–H groups in total. The Morgan fingerprint density at radius 2 is 2.29 bits per heavy atom. The third-order valence-electron chi connectivity index (χ3n) is 2.52. The fourth-order valence-corrected chi connectivity index (χ4v) is 2.60. The van der Waals surface area contributed by atoms with E-state index < -0.39 is 0 Å². The summed E-state index contributed by atoms with van der Waals surface area (Å²) < 4.78 is 1.01. The normalized spacial score (nSPS) is 12.6.